The predicted octanol–water partition coefficient (Wildman–Crippen LogP) is 13.1. The molecule has 0 aliphatic carbocycles. The maximum Gasteiger partial charge on any atom is 0.197 e. The van der Waals surface area contributed by atoms with Crippen LogP contribution >= 0.6 is 0 Å². The third-order valence-electron chi connectivity index (χ3n) is 11.1. The van der Waals surface area contributed by atoms with Crippen LogP contribution in [0.15, 0.2) is 176 Å². The van der Waals surface area contributed by atoms with E-state index in [1.165, 1.54) is 10.8 Å². The van der Waals surface area contributed by atoms with E-state index in [4.69, 9.17) is 6.57 Å². The topological polar surface area (TPSA) is 42.9 Å². The minimum absolute atomic E-state index is 0.552. The van der Waals surface area contributed by atoms with Gasteiger partial charge in [0.05, 0.1) is 50.9 Å². The van der Waals surface area contributed by atoms with Crippen LogP contribution in [0.1, 0.15) is 5.56 Å². The zero-order valence-electron chi connectivity index (χ0n) is 29.5. The first-order valence-electron chi connectivity index (χ1n) is 18.3. The van der Waals surface area contributed by atoms with Crippen LogP contribution in [0.3, 0.4) is 0 Å². The van der Waals surface area contributed by atoms with Crippen LogP contribution in [-0.4, -0.2) is 13.7 Å². The van der Waals surface area contributed by atoms with Crippen molar-refractivity contribution in [2.24, 2.45) is 0 Å². The number of aromatic nitrogens is 3. The van der Waals surface area contributed by atoms with E-state index in [-0.39, 0.29) is 0 Å². The summed E-state index contributed by atoms with van der Waals surface area (Å²) in [6.07, 6.45) is 0. The van der Waals surface area contributed by atoms with Crippen molar-refractivity contribution in [3.63, 3.8) is 0 Å². The molecule has 0 saturated heterocycles. The summed E-state index contributed by atoms with van der Waals surface area (Å²) < 4.78 is 6.89. The number of hydrogen-bond acceptors (Lipinski definition) is 1. The number of benzene rings is 8. The van der Waals surface area contributed by atoms with Gasteiger partial charge in [-0.3, -0.25) is 0 Å². The first kappa shape index (κ1) is 30.7. The molecule has 0 saturated carbocycles. The number of nitrogens with zero attached hydrogens (tertiary/aromatic N) is 5. The first-order chi connectivity index (χ1) is 27.2. The molecule has 3 aromatic heterocycles. The summed E-state index contributed by atoms with van der Waals surface area (Å²) in [5, 5.41) is 17.2. The predicted molar refractivity (Wildman–Crippen MR) is 226 cm³/mol. The van der Waals surface area contributed by atoms with Gasteiger partial charge in [0, 0.05) is 49.3 Å². The Morgan fingerprint density at radius 3 is 1.60 bits per heavy atom. The van der Waals surface area contributed by atoms with Crippen LogP contribution in [0.2, 0.25) is 0 Å². The van der Waals surface area contributed by atoms with Gasteiger partial charge in [0.15, 0.2) is 5.69 Å². The van der Waals surface area contributed by atoms with Gasteiger partial charge in [-0.1, -0.05) is 121 Å². The van der Waals surface area contributed by atoms with Gasteiger partial charge >= 0.3 is 0 Å². The van der Waals surface area contributed by atoms with E-state index in [1.807, 2.05) is 48.5 Å². The van der Waals surface area contributed by atoms with Gasteiger partial charge in [-0.25, -0.2) is 4.85 Å². The van der Waals surface area contributed by atoms with E-state index in [1.54, 1.807) is 0 Å². The molecule has 0 unspecified atom stereocenters. The molecule has 0 bridgehead atoms. The van der Waals surface area contributed by atoms with Crippen LogP contribution in [0, 0.1) is 17.9 Å². The normalized spacial score (nSPS) is 11.6. The number of para-hydroxylation sites is 6. The molecule has 8 aromatic carbocycles. The van der Waals surface area contributed by atoms with Crippen molar-refractivity contribution in [3.8, 4) is 34.3 Å². The summed E-state index contributed by atoms with van der Waals surface area (Å²) in [6, 6.07) is 63.4. The van der Waals surface area contributed by atoms with Crippen LogP contribution in [-0.2, 0) is 0 Å². The number of hydrogen-bond donors (Lipinski definition) is 0. The van der Waals surface area contributed by atoms with Crippen molar-refractivity contribution in [1.29, 1.82) is 5.26 Å². The lowest BCUT2D eigenvalue weighted by Gasteiger charge is -2.20. The SMILES string of the molecule is [C-]#[N+]c1cccc(-n2c3ccccc3c3ccc(-n4c5ccccc5c5ccccc54)cc32)c1-c1ccccc1-n1c2ccccc2c2cccc(C#N)c21. The van der Waals surface area contributed by atoms with Gasteiger partial charge < -0.3 is 13.7 Å². The molecule has 11 rings (SSSR count). The van der Waals surface area contributed by atoms with Crippen molar-refractivity contribution >= 4 is 71.1 Å². The average Bonchev–Trinajstić information content (AvgIpc) is 3.89. The summed E-state index contributed by atoms with van der Waals surface area (Å²) in [5.74, 6) is 0. The van der Waals surface area contributed by atoms with E-state index in [0.717, 1.165) is 82.8 Å². The van der Waals surface area contributed by atoms with E-state index in [0.29, 0.717) is 11.3 Å². The molecule has 0 radical (unpaired) electrons. The summed E-state index contributed by atoms with van der Waals surface area (Å²) >= 11 is 0. The van der Waals surface area contributed by atoms with Crippen LogP contribution in [0.25, 0.3) is 98.5 Å². The Labute approximate surface area is 316 Å². The number of nitriles is 1. The van der Waals surface area contributed by atoms with Gasteiger partial charge in [0.1, 0.15) is 6.07 Å². The Balaban J connectivity index is 1.24. The quantitative estimate of drug-likeness (QED) is 0.169. The molecule has 0 N–H and O–H groups in total. The molecule has 0 aliphatic rings. The fourth-order valence-electron chi connectivity index (χ4n) is 8.88. The number of rotatable bonds is 4. The lowest BCUT2D eigenvalue weighted by Crippen LogP contribution is -2.02. The first-order valence-corrected chi connectivity index (χ1v) is 18.3. The fourth-order valence-corrected chi connectivity index (χ4v) is 8.88. The van der Waals surface area contributed by atoms with Gasteiger partial charge in [0.25, 0.3) is 0 Å². The van der Waals surface area contributed by atoms with Gasteiger partial charge in [-0.2, -0.15) is 5.26 Å². The van der Waals surface area contributed by atoms with E-state index >= 15 is 0 Å². The molecule has 5 nitrogen and oxygen atoms in total. The van der Waals surface area contributed by atoms with Crippen molar-refractivity contribution in [1.82, 2.24) is 13.7 Å². The third kappa shape index (κ3) is 4.33. The Hall–Kier alpha value is -7.86. The minimum atomic E-state index is 0.552. The summed E-state index contributed by atoms with van der Waals surface area (Å²) in [7, 11) is 0. The lowest BCUT2D eigenvalue weighted by atomic mass is 9.98. The largest absolute Gasteiger partial charge is 0.310 e. The molecule has 5 heteroatoms. The Morgan fingerprint density at radius 2 is 0.945 bits per heavy atom. The Bertz CT molecular complexity index is 3420. The van der Waals surface area contributed by atoms with E-state index < -0.39 is 0 Å². The second-order valence-electron chi connectivity index (χ2n) is 13.9. The van der Waals surface area contributed by atoms with Crippen LogP contribution in [0.4, 0.5) is 5.69 Å². The molecular weight excluding hydrogens is 671 g/mol. The molecule has 0 spiro atoms. The molecular formula is C50H29N5. The third-order valence-corrected chi connectivity index (χ3v) is 11.1. The fraction of sp³-hybridized carbons (Fsp3) is 0. The highest BCUT2D eigenvalue weighted by atomic mass is 15.0. The molecule has 0 fully saturated rings. The van der Waals surface area contributed by atoms with Gasteiger partial charge in [-0.15, -0.1) is 0 Å². The lowest BCUT2D eigenvalue weighted by molar-refractivity contribution is 1.15. The van der Waals surface area contributed by atoms with Crippen LogP contribution in [0.5, 0.6) is 0 Å². The average molecular weight is 700 g/mol. The molecule has 3 heterocycles. The molecule has 0 amide bonds. The van der Waals surface area contributed by atoms with Crippen molar-refractivity contribution in [3.05, 3.63) is 193 Å². The maximum absolute atomic E-state index is 10.4. The van der Waals surface area contributed by atoms with E-state index in [9.17, 15) is 5.26 Å². The molecule has 254 valence electrons. The minimum Gasteiger partial charge on any atom is -0.310 e. The maximum atomic E-state index is 10.4. The molecule has 11 aromatic rings. The highest BCUT2D eigenvalue weighted by Gasteiger charge is 2.23. The summed E-state index contributed by atoms with van der Waals surface area (Å²) in [4.78, 5) is 4.16. The van der Waals surface area contributed by atoms with Gasteiger partial charge in [-0.05, 0) is 60.2 Å². The molecule has 0 atom stereocenters. The van der Waals surface area contributed by atoms with Crippen molar-refractivity contribution in [2.75, 3.05) is 0 Å². The number of fused-ring (bicyclic) bond motifs is 9. The van der Waals surface area contributed by atoms with Crippen molar-refractivity contribution in [2.45, 2.75) is 0 Å². The monoisotopic (exact) mass is 699 g/mol. The second kappa shape index (κ2) is 11.8. The second-order valence-corrected chi connectivity index (χ2v) is 13.9. The zero-order chi connectivity index (χ0) is 36.6. The van der Waals surface area contributed by atoms with E-state index in [2.05, 4.69) is 152 Å². The summed E-state index contributed by atoms with van der Waals surface area (Å²) in [6.45, 7) is 8.50. The Kier molecular flexibility index (Phi) is 6.61. The smallest absolute Gasteiger partial charge is 0.197 e. The zero-order valence-corrected chi connectivity index (χ0v) is 29.5. The standard InChI is InChI=1S/C50H29N5/c1-52-41-21-13-27-47(49(41)40-19-6-11-26-46(40)55-45-25-10-5-18-37(45)39-20-12-14-32(31-51)50(39)55)54-44-24-9-4-17-36(44)38-29-28-33(30-48(38)54)53-42-22-7-2-15-34(42)35-16-3-8-23-43(35)53/h2-30H. The van der Waals surface area contributed by atoms with Gasteiger partial charge in [0.2, 0.25) is 0 Å². The highest BCUT2D eigenvalue weighted by molar-refractivity contribution is 6.14. The van der Waals surface area contributed by atoms with Crippen LogP contribution < -0.4 is 0 Å². The summed E-state index contributed by atoms with van der Waals surface area (Å²) in [5.41, 5.74) is 12.0. The highest BCUT2D eigenvalue weighted by Crippen LogP contribution is 2.45. The molecule has 0 aliphatic heterocycles. The Morgan fingerprint density at radius 1 is 0.436 bits per heavy atom. The molecule has 55 heavy (non-hydrogen) atoms. The van der Waals surface area contributed by atoms with Crippen molar-refractivity contribution < 1.29 is 0 Å².